The van der Waals surface area contributed by atoms with E-state index in [0.717, 1.165) is 22.9 Å². The number of anilines is 1. The van der Waals surface area contributed by atoms with E-state index in [9.17, 15) is 0 Å². The first-order valence-electron chi connectivity index (χ1n) is 5.68. The molecule has 0 saturated heterocycles. The van der Waals surface area contributed by atoms with E-state index in [1.165, 1.54) is 0 Å². The number of H-pyrrole nitrogens is 1. The first-order chi connectivity index (χ1) is 8.58. The summed E-state index contributed by atoms with van der Waals surface area (Å²) in [7, 11) is 5.86. The van der Waals surface area contributed by atoms with Gasteiger partial charge in [-0.3, -0.25) is 0 Å². The van der Waals surface area contributed by atoms with E-state index in [2.05, 4.69) is 20.5 Å². The highest BCUT2D eigenvalue weighted by molar-refractivity contribution is 5.51. The van der Waals surface area contributed by atoms with Crippen LogP contribution in [-0.2, 0) is 7.05 Å². The van der Waals surface area contributed by atoms with Crippen molar-refractivity contribution in [2.75, 3.05) is 19.0 Å². The van der Waals surface area contributed by atoms with E-state index < -0.39 is 0 Å². The molecule has 2 aromatic rings. The lowest BCUT2D eigenvalue weighted by atomic mass is 10.3. The van der Waals surface area contributed by atoms with Gasteiger partial charge in [-0.25, -0.2) is 0 Å². The number of aromatic nitrogens is 3. The van der Waals surface area contributed by atoms with Gasteiger partial charge in [-0.1, -0.05) is 5.11 Å². The maximum atomic E-state index is 4.20. The number of benzene rings is 1. The summed E-state index contributed by atoms with van der Waals surface area (Å²) in [4.78, 5) is 2.04. The van der Waals surface area contributed by atoms with Crippen LogP contribution in [0.4, 0.5) is 17.2 Å². The van der Waals surface area contributed by atoms with E-state index in [4.69, 9.17) is 0 Å². The fraction of sp³-hybridized carbons (Fsp3) is 0.333. The standard InChI is InChI=1S/C12H16N6/c1-9-12(18(4)16-13-9)15-14-10-5-7-11(8-6-10)17(2)3/h5-8H,1-4H3/p+1. The Labute approximate surface area is 106 Å². The van der Waals surface area contributed by atoms with Gasteiger partial charge in [0.05, 0.1) is 7.05 Å². The van der Waals surface area contributed by atoms with Crippen LogP contribution in [-0.4, -0.2) is 24.4 Å². The minimum absolute atomic E-state index is 0.728. The molecular weight excluding hydrogens is 228 g/mol. The summed E-state index contributed by atoms with van der Waals surface area (Å²) in [5.74, 6) is 0.728. The first-order valence-corrected chi connectivity index (χ1v) is 5.68. The maximum Gasteiger partial charge on any atom is 0.345 e. The topological polar surface area (TPSA) is 60.5 Å². The Morgan fingerprint density at radius 3 is 2.33 bits per heavy atom. The molecule has 1 N–H and O–H groups in total. The summed E-state index contributed by atoms with van der Waals surface area (Å²) in [5.41, 5.74) is 2.78. The minimum Gasteiger partial charge on any atom is -0.378 e. The van der Waals surface area contributed by atoms with Gasteiger partial charge in [0.1, 0.15) is 5.69 Å². The lowest BCUT2D eigenvalue weighted by molar-refractivity contribution is -0.718. The average Bonchev–Trinajstić information content (AvgIpc) is 2.67. The van der Waals surface area contributed by atoms with Gasteiger partial charge in [0.2, 0.25) is 5.69 Å². The number of nitrogens with zero attached hydrogens (tertiary/aromatic N) is 5. The second-order valence-corrected chi connectivity index (χ2v) is 4.29. The van der Waals surface area contributed by atoms with Crippen LogP contribution in [0.2, 0.25) is 0 Å². The van der Waals surface area contributed by atoms with Gasteiger partial charge in [-0.2, -0.15) is 4.68 Å². The Morgan fingerprint density at radius 1 is 1.17 bits per heavy atom. The Morgan fingerprint density at radius 2 is 1.83 bits per heavy atom. The molecule has 0 aliphatic heterocycles. The number of rotatable bonds is 3. The molecule has 0 aliphatic carbocycles. The molecule has 18 heavy (non-hydrogen) atoms. The van der Waals surface area contributed by atoms with Crippen LogP contribution in [0.1, 0.15) is 5.69 Å². The fourth-order valence-electron chi connectivity index (χ4n) is 1.55. The van der Waals surface area contributed by atoms with Crippen LogP contribution in [0.5, 0.6) is 0 Å². The Bertz CT molecular complexity index is 533. The summed E-state index contributed by atoms with van der Waals surface area (Å²) >= 11 is 0. The Kier molecular flexibility index (Phi) is 3.36. The van der Waals surface area contributed by atoms with E-state index in [1.54, 1.807) is 4.68 Å². The number of nitrogens with one attached hydrogen (secondary N) is 1. The van der Waals surface area contributed by atoms with E-state index in [1.807, 2.05) is 57.2 Å². The molecule has 0 atom stereocenters. The largest absolute Gasteiger partial charge is 0.378 e. The number of aryl methyl sites for hydroxylation is 2. The van der Waals surface area contributed by atoms with Crippen molar-refractivity contribution < 1.29 is 4.68 Å². The van der Waals surface area contributed by atoms with Crippen LogP contribution >= 0.6 is 0 Å². The van der Waals surface area contributed by atoms with E-state index in [-0.39, 0.29) is 0 Å². The monoisotopic (exact) mass is 245 g/mol. The minimum atomic E-state index is 0.728. The van der Waals surface area contributed by atoms with Gasteiger partial charge in [0, 0.05) is 31.8 Å². The van der Waals surface area contributed by atoms with Gasteiger partial charge in [-0.15, -0.1) is 5.21 Å². The highest BCUT2D eigenvalue weighted by Crippen LogP contribution is 2.20. The summed E-state index contributed by atoms with van der Waals surface area (Å²) < 4.78 is 1.73. The molecule has 94 valence electrons. The summed E-state index contributed by atoms with van der Waals surface area (Å²) in [6, 6.07) is 7.90. The molecule has 6 heteroatoms. The Balaban J connectivity index is 2.19. The highest BCUT2D eigenvalue weighted by atomic mass is 15.5. The number of azo groups is 1. The lowest BCUT2D eigenvalue weighted by Gasteiger charge is -2.11. The van der Waals surface area contributed by atoms with Crippen molar-refractivity contribution in [2.24, 2.45) is 17.3 Å². The van der Waals surface area contributed by atoms with Crippen molar-refractivity contribution in [1.29, 1.82) is 0 Å². The van der Waals surface area contributed by atoms with Crippen molar-refractivity contribution in [3.63, 3.8) is 0 Å². The van der Waals surface area contributed by atoms with E-state index >= 15 is 0 Å². The molecule has 1 aromatic carbocycles. The molecule has 0 amide bonds. The third-order valence-electron chi connectivity index (χ3n) is 2.64. The van der Waals surface area contributed by atoms with Gasteiger partial charge in [-0.05, 0) is 29.4 Å². The number of hydrogen-bond donors (Lipinski definition) is 1. The van der Waals surface area contributed by atoms with Crippen molar-refractivity contribution in [3.8, 4) is 0 Å². The second-order valence-electron chi connectivity index (χ2n) is 4.29. The molecule has 0 spiro atoms. The average molecular weight is 245 g/mol. The zero-order valence-electron chi connectivity index (χ0n) is 11.0. The molecule has 1 heterocycles. The second kappa shape index (κ2) is 4.95. The fourth-order valence-corrected chi connectivity index (χ4v) is 1.55. The first kappa shape index (κ1) is 12.2. The zero-order valence-corrected chi connectivity index (χ0v) is 11.0. The van der Waals surface area contributed by atoms with Crippen LogP contribution in [0.15, 0.2) is 34.5 Å². The maximum absolute atomic E-state index is 4.20. The number of aromatic amines is 1. The van der Waals surface area contributed by atoms with Crippen molar-refractivity contribution in [1.82, 2.24) is 10.3 Å². The van der Waals surface area contributed by atoms with Crippen LogP contribution in [0.3, 0.4) is 0 Å². The third kappa shape index (κ3) is 2.53. The molecule has 6 nitrogen and oxygen atoms in total. The molecular formula is C12H17N6+. The predicted molar refractivity (Wildman–Crippen MR) is 69.4 cm³/mol. The number of hydrogen-bond acceptors (Lipinski definition) is 4. The molecule has 0 fully saturated rings. The van der Waals surface area contributed by atoms with Gasteiger partial charge >= 0.3 is 5.82 Å². The molecule has 1 aromatic heterocycles. The van der Waals surface area contributed by atoms with E-state index in [0.29, 0.717) is 0 Å². The summed E-state index contributed by atoms with van der Waals surface area (Å²) in [5, 5.41) is 15.2. The molecule has 0 unspecified atom stereocenters. The third-order valence-corrected chi connectivity index (χ3v) is 2.64. The molecule has 0 saturated carbocycles. The SMILES string of the molecule is Cc1n[nH][n+](C)c1N=Nc1ccc(N(C)C)cc1. The van der Waals surface area contributed by atoms with Crippen LogP contribution in [0, 0.1) is 6.92 Å². The Hall–Kier alpha value is -2.24. The zero-order chi connectivity index (χ0) is 13.1. The lowest BCUT2D eigenvalue weighted by Crippen LogP contribution is -2.29. The van der Waals surface area contributed by atoms with Crippen molar-refractivity contribution in [3.05, 3.63) is 30.0 Å². The van der Waals surface area contributed by atoms with Gasteiger partial charge in [0.15, 0.2) is 0 Å². The van der Waals surface area contributed by atoms with Crippen molar-refractivity contribution >= 4 is 17.2 Å². The smallest absolute Gasteiger partial charge is 0.345 e. The quantitative estimate of drug-likeness (QED) is 0.664. The summed E-state index contributed by atoms with van der Waals surface area (Å²) in [6.07, 6.45) is 0. The highest BCUT2D eigenvalue weighted by Gasteiger charge is 2.13. The normalized spacial score (nSPS) is 11.1. The summed E-state index contributed by atoms with van der Waals surface area (Å²) in [6.45, 7) is 1.89. The molecule has 0 radical (unpaired) electrons. The van der Waals surface area contributed by atoms with Crippen LogP contribution < -0.4 is 9.58 Å². The van der Waals surface area contributed by atoms with Gasteiger partial charge < -0.3 is 4.90 Å². The van der Waals surface area contributed by atoms with Gasteiger partial charge in [0.25, 0.3) is 0 Å². The predicted octanol–water partition coefficient (Wildman–Crippen LogP) is 2.02. The molecule has 2 rings (SSSR count). The van der Waals surface area contributed by atoms with Crippen LogP contribution in [0.25, 0.3) is 0 Å². The molecule has 0 bridgehead atoms. The van der Waals surface area contributed by atoms with Crippen molar-refractivity contribution in [2.45, 2.75) is 6.92 Å². The molecule has 0 aliphatic rings.